The summed E-state index contributed by atoms with van der Waals surface area (Å²) in [5.41, 5.74) is 0.894. The highest BCUT2D eigenvalue weighted by Gasteiger charge is 2.27. The van der Waals surface area contributed by atoms with Crippen LogP contribution in [0.25, 0.3) is 16.6 Å². The predicted octanol–water partition coefficient (Wildman–Crippen LogP) is 5.35. The first-order chi connectivity index (χ1) is 21.6. The number of benzene rings is 3. The molecule has 0 saturated heterocycles. The van der Waals surface area contributed by atoms with Gasteiger partial charge in [0.2, 0.25) is 0 Å². The quantitative estimate of drug-likeness (QED) is 0.264. The van der Waals surface area contributed by atoms with Gasteiger partial charge in [-0.05, 0) is 48.5 Å². The van der Waals surface area contributed by atoms with Gasteiger partial charge in [-0.2, -0.15) is 0 Å². The van der Waals surface area contributed by atoms with E-state index in [1.54, 1.807) is 32.4 Å². The van der Waals surface area contributed by atoms with Crippen LogP contribution in [0, 0.1) is 11.6 Å². The third-order valence-electron chi connectivity index (χ3n) is 7.26. The second kappa shape index (κ2) is 11.7. The van der Waals surface area contributed by atoms with Gasteiger partial charge in [-0.15, -0.1) is 0 Å². The number of fused-ring (bicyclic) bond motifs is 2. The zero-order chi connectivity index (χ0) is 31.8. The molecule has 6 rings (SSSR count). The number of hydrogen-bond acceptors (Lipinski definition) is 7. The molecule has 5 aromatic rings. The number of halogens is 2. The lowest BCUT2D eigenvalue weighted by atomic mass is 10.1. The molecule has 1 aliphatic heterocycles. The Hall–Kier alpha value is -5.78. The van der Waals surface area contributed by atoms with Gasteiger partial charge >= 0.3 is 0 Å². The molecule has 0 saturated carbocycles. The molecule has 2 amide bonds. The summed E-state index contributed by atoms with van der Waals surface area (Å²) >= 11 is 0. The van der Waals surface area contributed by atoms with Crippen molar-refractivity contribution in [2.75, 3.05) is 33.1 Å². The van der Waals surface area contributed by atoms with Crippen LogP contribution in [0.4, 0.5) is 14.5 Å². The number of carbonyl (C=O) groups is 2. The maximum Gasteiger partial charge on any atom is 0.271 e. The molecule has 1 N–H and O–H groups in total. The van der Waals surface area contributed by atoms with E-state index < -0.39 is 23.1 Å². The Bertz CT molecular complexity index is 2040. The minimum atomic E-state index is -0.797. The second-order valence-electron chi connectivity index (χ2n) is 10.4. The van der Waals surface area contributed by atoms with Crippen molar-refractivity contribution in [2.45, 2.75) is 6.42 Å². The lowest BCUT2D eigenvalue weighted by Gasteiger charge is -2.16. The van der Waals surface area contributed by atoms with Crippen LogP contribution in [0.15, 0.2) is 77.9 Å². The molecular formula is C33H26F2N4O6. The third kappa shape index (κ3) is 5.53. The van der Waals surface area contributed by atoms with E-state index >= 15 is 4.39 Å². The normalized spacial score (nSPS) is 11.9. The summed E-state index contributed by atoms with van der Waals surface area (Å²) in [6.07, 6.45) is 3.52. The second-order valence-corrected chi connectivity index (χ2v) is 10.4. The fourth-order valence-corrected chi connectivity index (χ4v) is 5.04. The van der Waals surface area contributed by atoms with Crippen LogP contribution < -0.4 is 25.1 Å². The summed E-state index contributed by atoms with van der Waals surface area (Å²) in [7, 11) is 4.67. The Kier molecular flexibility index (Phi) is 7.63. The van der Waals surface area contributed by atoms with Gasteiger partial charge in [0, 0.05) is 67.4 Å². The van der Waals surface area contributed by atoms with Gasteiger partial charge in [0.05, 0.1) is 24.8 Å². The van der Waals surface area contributed by atoms with Gasteiger partial charge in [0.1, 0.15) is 28.6 Å². The Balaban J connectivity index is 1.29. The average molecular weight is 613 g/mol. The number of nitrogens with zero attached hydrogens (tertiary/aromatic N) is 3. The number of hydrogen-bond donors (Lipinski definition) is 1. The number of rotatable bonds is 7. The summed E-state index contributed by atoms with van der Waals surface area (Å²) in [5.74, 6) is -1.78. The minimum Gasteiger partial charge on any atom is -0.496 e. The summed E-state index contributed by atoms with van der Waals surface area (Å²) in [6.45, 7) is 0.282. The molecule has 0 spiro atoms. The van der Waals surface area contributed by atoms with Crippen LogP contribution in [0.3, 0.4) is 0 Å². The summed E-state index contributed by atoms with van der Waals surface area (Å²) in [4.78, 5) is 45.3. The average Bonchev–Trinajstić information content (AvgIpc) is 3.49. The van der Waals surface area contributed by atoms with Crippen LogP contribution in [-0.2, 0) is 6.42 Å². The van der Waals surface area contributed by atoms with Crippen molar-refractivity contribution in [1.29, 1.82) is 0 Å². The highest BCUT2D eigenvalue weighted by molar-refractivity contribution is 6.06. The number of carbonyl (C=O) groups excluding carboxylic acids is 2. The van der Waals surface area contributed by atoms with Crippen molar-refractivity contribution in [3.8, 4) is 28.7 Å². The van der Waals surface area contributed by atoms with E-state index in [2.05, 4.69) is 10.3 Å². The monoisotopic (exact) mass is 612 g/mol. The lowest BCUT2D eigenvalue weighted by Crippen LogP contribution is -2.29. The van der Waals surface area contributed by atoms with Gasteiger partial charge in [0.25, 0.3) is 17.4 Å². The van der Waals surface area contributed by atoms with Crippen molar-refractivity contribution >= 4 is 28.4 Å². The highest BCUT2D eigenvalue weighted by Crippen LogP contribution is 2.35. The third-order valence-corrected chi connectivity index (χ3v) is 7.26. The first-order valence-corrected chi connectivity index (χ1v) is 13.8. The van der Waals surface area contributed by atoms with Crippen molar-refractivity contribution in [1.82, 2.24) is 14.5 Å². The number of ether oxygens (including phenoxy) is 3. The molecule has 10 nitrogen and oxygen atoms in total. The molecule has 0 atom stereocenters. The Labute approximate surface area is 255 Å². The van der Waals surface area contributed by atoms with Crippen LogP contribution in [0.1, 0.15) is 26.3 Å². The summed E-state index contributed by atoms with van der Waals surface area (Å²) in [5, 5.41) is 3.02. The first-order valence-electron chi connectivity index (χ1n) is 13.8. The van der Waals surface area contributed by atoms with Gasteiger partial charge in [0.15, 0.2) is 11.6 Å². The maximum atomic E-state index is 15.3. The fourth-order valence-electron chi connectivity index (χ4n) is 5.04. The highest BCUT2D eigenvalue weighted by atomic mass is 19.1. The maximum absolute atomic E-state index is 15.3. The van der Waals surface area contributed by atoms with Gasteiger partial charge in [-0.1, -0.05) is 0 Å². The van der Waals surface area contributed by atoms with Crippen LogP contribution in [-0.4, -0.2) is 54.1 Å². The molecule has 45 heavy (non-hydrogen) atoms. The largest absolute Gasteiger partial charge is 0.496 e. The number of nitrogens with one attached hydrogen (secondary N) is 1. The van der Waals surface area contributed by atoms with E-state index in [9.17, 15) is 18.8 Å². The molecule has 3 aromatic carbocycles. The van der Waals surface area contributed by atoms with Crippen molar-refractivity contribution in [3.63, 3.8) is 0 Å². The molecule has 0 aliphatic carbocycles. The van der Waals surface area contributed by atoms with Crippen molar-refractivity contribution < 1.29 is 32.6 Å². The zero-order valence-electron chi connectivity index (χ0n) is 24.4. The minimum absolute atomic E-state index is 0.0661. The molecule has 0 radical (unpaired) electrons. The van der Waals surface area contributed by atoms with E-state index in [1.165, 1.54) is 65.2 Å². The van der Waals surface area contributed by atoms with Crippen LogP contribution in [0.2, 0.25) is 0 Å². The molecule has 12 heteroatoms. The molecule has 0 bridgehead atoms. The fraction of sp³-hybridized carbons (Fsp3) is 0.152. The Morgan fingerprint density at radius 2 is 1.78 bits per heavy atom. The van der Waals surface area contributed by atoms with Crippen LogP contribution >= 0.6 is 0 Å². The molecule has 3 heterocycles. The smallest absolute Gasteiger partial charge is 0.271 e. The van der Waals surface area contributed by atoms with E-state index in [0.29, 0.717) is 34.3 Å². The molecule has 1 aliphatic rings. The number of amides is 2. The van der Waals surface area contributed by atoms with E-state index in [4.69, 9.17) is 14.2 Å². The van der Waals surface area contributed by atoms with Crippen LogP contribution in [0.5, 0.6) is 23.0 Å². The SMILES string of the molecule is COc1cc2nccc(Oc3ccc(NC(=O)c4c5c(cn(-c6ccc(F)cc6)c4=O)CCO5)cc3F)c2cc1C(=O)N(C)C. The van der Waals surface area contributed by atoms with Gasteiger partial charge in [-0.3, -0.25) is 23.9 Å². The van der Waals surface area contributed by atoms with Gasteiger partial charge in [-0.25, -0.2) is 8.78 Å². The first kappa shape index (κ1) is 29.3. The number of pyridine rings is 2. The van der Waals surface area contributed by atoms with E-state index in [0.717, 1.165) is 6.07 Å². The molecule has 2 aromatic heterocycles. The topological polar surface area (TPSA) is 112 Å². The summed E-state index contributed by atoms with van der Waals surface area (Å²) in [6, 6.07) is 13.8. The van der Waals surface area contributed by atoms with E-state index in [1.807, 2.05) is 0 Å². The predicted molar refractivity (Wildman–Crippen MR) is 162 cm³/mol. The Morgan fingerprint density at radius 1 is 1.00 bits per heavy atom. The standard InChI is InChI=1S/C33H26F2N4O6/c1-38(2)32(41)23-15-22-25(16-28(23)43-3)36-12-10-26(22)45-27-9-6-20(14-24(27)35)37-31(40)29-30-18(11-13-44-30)17-39(33(29)42)21-7-4-19(34)5-8-21/h4-10,12,14-17H,11,13H2,1-3H3,(H,37,40). The lowest BCUT2D eigenvalue weighted by molar-refractivity contribution is 0.0824. The molecule has 0 fully saturated rings. The number of methoxy groups -OCH3 is 1. The zero-order valence-corrected chi connectivity index (χ0v) is 24.4. The Morgan fingerprint density at radius 3 is 2.49 bits per heavy atom. The summed E-state index contributed by atoms with van der Waals surface area (Å²) < 4.78 is 47.0. The van der Waals surface area contributed by atoms with Gasteiger partial charge < -0.3 is 24.4 Å². The molecule has 0 unspecified atom stereocenters. The number of aromatic nitrogens is 2. The molecular weight excluding hydrogens is 586 g/mol. The molecule has 228 valence electrons. The number of anilines is 1. The van der Waals surface area contributed by atoms with Crippen molar-refractivity contribution in [2.24, 2.45) is 0 Å². The van der Waals surface area contributed by atoms with E-state index in [-0.39, 0.29) is 46.6 Å². The van der Waals surface area contributed by atoms with Crippen molar-refractivity contribution in [3.05, 3.63) is 112 Å².